The van der Waals surface area contributed by atoms with Crippen LogP contribution in [0.4, 0.5) is 11.4 Å². The molecule has 2 aromatic carbocycles. The largest absolute Gasteiger partial charge is 0.455 e. The van der Waals surface area contributed by atoms with E-state index in [4.69, 9.17) is 4.74 Å². The fourth-order valence-electron chi connectivity index (χ4n) is 3.28. The molecule has 1 saturated heterocycles. The SMILES string of the molecule is CC(=O)c1cccc(NC(=O)COC(=O)[C@@H]2CC(=O)N(c3ccc(C)c(C)c3)C2)c1. The van der Waals surface area contributed by atoms with Crippen LogP contribution in [0.1, 0.15) is 34.8 Å². The van der Waals surface area contributed by atoms with Crippen LogP contribution >= 0.6 is 0 Å². The Kier molecular flexibility index (Phi) is 6.30. The number of anilines is 2. The van der Waals surface area contributed by atoms with Crippen LogP contribution in [0, 0.1) is 19.8 Å². The van der Waals surface area contributed by atoms with Crippen LogP contribution in [0.15, 0.2) is 42.5 Å². The number of nitrogens with one attached hydrogen (secondary N) is 1. The molecule has 0 bridgehead atoms. The zero-order valence-corrected chi connectivity index (χ0v) is 17.2. The third-order valence-electron chi connectivity index (χ3n) is 5.16. The van der Waals surface area contributed by atoms with E-state index in [1.807, 2.05) is 32.0 Å². The summed E-state index contributed by atoms with van der Waals surface area (Å²) in [5.41, 5.74) is 3.86. The maximum absolute atomic E-state index is 12.4. The molecule has 0 aliphatic carbocycles. The van der Waals surface area contributed by atoms with E-state index in [0.717, 1.165) is 16.8 Å². The Hall–Kier alpha value is -3.48. The predicted octanol–water partition coefficient (Wildman–Crippen LogP) is 3.04. The van der Waals surface area contributed by atoms with Gasteiger partial charge < -0.3 is 15.0 Å². The highest BCUT2D eigenvalue weighted by atomic mass is 16.5. The van der Waals surface area contributed by atoms with Gasteiger partial charge in [-0.2, -0.15) is 0 Å². The topological polar surface area (TPSA) is 92.8 Å². The van der Waals surface area contributed by atoms with Crippen molar-refractivity contribution in [1.29, 1.82) is 0 Å². The van der Waals surface area contributed by atoms with E-state index in [2.05, 4.69) is 5.32 Å². The maximum atomic E-state index is 12.4. The second-order valence-corrected chi connectivity index (χ2v) is 7.47. The second-order valence-electron chi connectivity index (χ2n) is 7.47. The van der Waals surface area contributed by atoms with Gasteiger partial charge in [0, 0.05) is 29.9 Å². The van der Waals surface area contributed by atoms with Gasteiger partial charge in [-0.3, -0.25) is 19.2 Å². The van der Waals surface area contributed by atoms with Gasteiger partial charge in [0.05, 0.1) is 5.92 Å². The number of hydrogen-bond donors (Lipinski definition) is 1. The first-order chi connectivity index (χ1) is 14.2. The highest BCUT2D eigenvalue weighted by Crippen LogP contribution is 2.27. The lowest BCUT2D eigenvalue weighted by Crippen LogP contribution is -2.28. The van der Waals surface area contributed by atoms with Gasteiger partial charge in [-0.1, -0.05) is 18.2 Å². The Balaban J connectivity index is 1.54. The lowest BCUT2D eigenvalue weighted by Gasteiger charge is -2.17. The molecule has 1 aliphatic rings. The fraction of sp³-hybridized carbons (Fsp3) is 0.304. The molecule has 0 aromatic heterocycles. The zero-order valence-electron chi connectivity index (χ0n) is 17.2. The van der Waals surface area contributed by atoms with Crippen molar-refractivity contribution in [3.8, 4) is 0 Å². The van der Waals surface area contributed by atoms with Crippen LogP contribution in [0.5, 0.6) is 0 Å². The van der Waals surface area contributed by atoms with Crippen LogP contribution in [0.2, 0.25) is 0 Å². The number of rotatable bonds is 6. The van der Waals surface area contributed by atoms with Crippen molar-refractivity contribution in [1.82, 2.24) is 0 Å². The number of carbonyl (C=O) groups is 4. The number of benzene rings is 2. The van der Waals surface area contributed by atoms with E-state index in [9.17, 15) is 19.2 Å². The molecule has 0 unspecified atom stereocenters. The molecule has 0 radical (unpaired) electrons. The van der Waals surface area contributed by atoms with Crippen molar-refractivity contribution in [2.75, 3.05) is 23.4 Å². The fourth-order valence-corrected chi connectivity index (χ4v) is 3.28. The van der Waals surface area contributed by atoms with Gasteiger partial charge in [0.25, 0.3) is 5.91 Å². The molecule has 30 heavy (non-hydrogen) atoms. The number of hydrogen-bond acceptors (Lipinski definition) is 5. The minimum absolute atomic E-state index is 0.0496. The summed E-state index contributed by atoms with van der Waals surface area (Å²) in [7, 11) is 0. The smallest absolute Gasteiger partial charge is 0.311 e. The van der Waals surface area contributed by atoms with Crippen molar-refractivity contribution < 1.29 is 23.9 Å². The van der Waals surface area contributed by atoms with Gasteiger partial charge in [0.15, 0.2) is 12.4 Å². The van der Waals surface area contributed by atoms with Gasteiger partial charge in [-0.15, -0.1) is 0 Å². The normalized spacial score (nSPS) is 15.8. The highest BCUT2D eigenvalue weighted by molar-refractivity contribution is 6.00. The zero-order chi connectivity index (χ0) is 21.8. The summed E-state index contributed by atoms with van der Waals surface area (Å²) >= 11 is 0. The van der Waals surface area contributed by atoms with Crippen LogP contribution in [-0.2, 0) is 19.1 Å². The average Bonchev–Trinajstić information content (AvgIpc) is 3.10. The average molecular weight is 408 g/mol. The van der Waals surface area contributed by atoms with Crippen LogP contribution in [-0.4, -0.2) is 36.7 Å². The number of aryl methyl sites for hydroxylation is 2. The van der Waals surface area contributed by atoms with Crippen molar-refractivity contribution in [2.45, 2.75) is 27.2 Å². The Morgan fingerprint density at radius 1 is 1.10 bits per heavy atom. The molecule has 1 aliphatic heterocycles. The van der Waals surface area contributed by atoms with Crippen molar-refractivity contribution in [3.63, 3.8) is 0 Å². The van der Waals surface area contributed by atoms with E-state index in [1.165, 1.54) is 6.92 Å². The number of ketones is 1. The molecular formula is C23H24N2O5. The van der Waals surface area contributed by atoms with E-state index in [-0.39, 0.29) is 24.7 Å². The molecule has 1 N–H and O–H groups in total. The predicted molar refractivity (Wildman–Crippen MR) is 112 cm³/mol. The van der Waals surface area contributed by atoms with Crippen molar-refractivity contribution >= 4 is 34.9 Å². The molecule has 1 heterocycles. The van der Waals surface area contributed by atoms with Gasteiger partial charge in [0.1, 0.15) is 0 Å². The minimum atomic E-state index is -0.618. The lowest BCUT2D eigenvalue weighted by molar-refractivity contribution is -0.151. The minimum Gasteiger partial charge on any atom is -0.455 e. The number of esters is 1. The molecule has 2 aromatic rings. The lowest BCUT2D eigenvalue weighted by atomic mass is 10.1. The highest BCUT2D eigenvalue weighted by Gasteiger charge is 2.36. The molecule has 2 amide bonds. The van der Waals surface area contributed by atoms with Gasteiger partial charge in [-0.05, 0) is 56.2 Å². The summed E-state index contributed by atoms with van der Waals surface area (Å²) in [5, 5.41) is 2.59. The first-order valence-electron chi connectivity index (χ1n) is 9.69. The van der Waals surface area contributed by atoms with Crippen LogP contribution < -0.4 is 10.2 Å². The molecule has 3 rings (SSSR count). The molecule has 0 spiro atoms. The number of ether oxygens (including phenoxy) is 1. The number of nitrogens with zero attached hydrogens (tertiary/aromatic N) is 1. The molecule has 1 atom stereocenters. The monoisotopic (exact) mass is 408 g/mol. The van der Waals surface area contributed by atoms with E-state index < -0.39 is 24.4 Å². The second kappa shape index (κ2) is 8.90. The summed E-state index contributed by atoms with van der Waals surface area (Å²) in [6, 6.07) is 12.2. The quantitative estimate of drug-likeness (QED) is 0.586. The molecule has 156 valence electrons. The molecule has 7 nitrogen and oxygen atoms in total. The van der Waals surface area contributed by atoms with Gasteiger partial charge in [-0.25, -0.2) is 0 Å². The summed E-state index contributed by atoms with van der Waals surface area (Å²) in [5.74, 6) is -1.97. The summed E-state index contributed by atoms with van der Waals surface area (Å²) < 4.78 is 5.12. The molecular weight excluding hydrogens is 384 g/mol. The summed E-state index contributed by atoms with van der Waals surface area (Å²) in [4.78, 5) is 49.8. The van der Waals surface area contributed by atoms with Gasteiger partial charge in [0.2, 0.25) is 5.91 Å². The first kappa shape index (κ1) is 21.2. The Bertz CT molecular complexity index is 1010. The Labute approximate surface area is 175 Å². The summed E-state index contributed by atoms with van der Waals surface area (Å²) in [6.45, 7) is 5.16. The third-order valence-corrected chi connectivity index (χ3v) is 5.16. The van der Waals surface area contributed by atoms with E-state index in [1.54, 1.807) is 29.2 Å². The maximum Gasteiger partial charge on any atom is 0.311 e. The number of Topliss-reactive ketones (excluding diaryl/α,β-unsaturated/α-hetero) is 1. The number of carbonyl (C=O) groups excluding carboxylic acids is 4. The van der Waals surface area contributed by atoms with E-state index >= 15 is 0 Å². The standard InChI is InChI=1S/C23H24N2O5/c1-14-7-8-20(9-15(14)2)25-12-18(11-22(25)28)23(29)30-13-21(27)24-19-6-4-5-17(10-19)16(3)26/h4-10,18H,11-13H2,1-3H3,(H,24,27)/t18-/m1/s1. The van der Waals surface area contributed by atoms with Crippen molar-refractivity contribution in [3.05, 3.63) is 59.2 Å². The van der Waals surface area contributed by atoms with Crippen LogP contribution in [0.3, 0.4) is 0 Å². The third kappa shape index (κ3) is 4.92. The molecule has 7 heteroatoms. The van der Waals surface area contributed by atoms with E-state index in [0.29, 0.717) is 11.3 Å². The molecule has 0 saturated carbocycles. The summed E-state index contributed by atoms with van der Waals surface area (Å²) in [6.07, 6.45) is 0.0496. The first-order valence-corrected chi connectivity index (χ1v) is 9.69. The van der Waals surface area contributed by atoms with Crippen LogP contribution in [0.25, 0.3) is 0 Å². The Morgan fingerprint density at radius 2 is 1.87 bits per heavy atom. The Morgan fingerprint density at radius 3 is 2.57 bits per heavy atom. The number of amides is 2. The molecule has 1 fully saturated rings. The van der Waals surface area contributed by atoms with Crippen molar-refractivity contribution in [2.24, 2.45) is 5.92 Å². The van der Waals surface area contributed by atoms with Gasteiger partial charge >= 0.3 is 5.97 Å².